The molecule has 0 aromatic carbocycles. The van der Waals surface area contributed by atoms with Crippen LogP contribution in [-0.2, 0) is 9.59 Å². The van der Waals surface area contributed by atoms with E-state index in [0.717, 1.165) is 0 Å². The van der Waals surface area contributed by atoms with Crippen LogP contribution in [0.25, 0.3) is 0 Å². The van der Waals surface area contributed by atoms with Gasteiger partial charge in [-0.2, -0.15) is 0 Å². The molecule has 0 heterocycles. The molecule has 0 aromatic heterocycles. The molecule has 0 aliphatic heterocycles. The largest absolute Gasteiger partial charge is 0.481 e. The van der Waals surface area contributed by atoms with E-state index in [-0.39, 0.29) is 25.9 Å². The Hall–Kier alpha value is -1.10. The molecule has 1 unspecified atom stereocenters. The first-order chi connectivity index (χ1) is 5.56. The van der Waals surface area contributed by atoms with E-state index >= 15 is 0 Å². The van der Waals surface area contributed by atoms with E-state index in [1.54, 1.807) is 0 Å². The van der Waals surface area contributed by atoms with Gasteiger partial charge >= 0.3 is 11.9 Å². The van der Waals surface area contributed by atoms with Gasteiger partial charge in [-0.1, -0.05) is 0 Å². The zero-order valence-corrected chi connectivity index (χ0v) is 6.56. The molecule has 0 aromatic rings. The van der Waals surface area contributed by atoms with Crippen LogP contribution >= 0.6 is 0 Å². The van der Waals surface area contributed by atoms with Crippen molar-refractivity contribution in [3.05, 3.63) is 0 Å². The third-order valence-corrected chi connectivity index (χ3v) is 1.49. The maximum atomic E-state index is 10.2. The molecule has 0 amide bonds. The van der Waals surface area contributed by atoms with Crippen LogP contribution in [0.5, 0.6) is 0 Å². The highest BCUT2D eigenvalue weighted by atomic mass is 16.4. The molecule has 0 rings (SSSR count). The van der Waals surface area contributed by atoms with E-state index in [4.69, 9.17) is 15.3 Å². The third-order valence-electron chi connectivity index (χ3n) is 1.49. The van der Waals surface area contributed by atoms with Gasteiger partial charge in [0.2, 0.25) is 0 Å². The summed E-state index contributed by atoms with van der Waals surface area (Å²) >= 11 is 0. The minimum Gasteiger partial charge on any atom is -0.481 e. The van der Waals surface area contributed by atoms with Crippen molar-refractivity contribution in [1.82, 2.24) is 0 Å². The molecule has 0 aliphatic rings. The minimum absolute atomic E-state index is 0.0987. The van der Waals surface area contributed by atoms with Gasteiger partial charge in [0.15, 0.2) is 0 Å². The summed E-state index contributed by atoms with van der Waals surface area (Å²) in [5.41, 5.74) is 0. The topological polar surface area (TPSA) is 94.8 Å². The molecule has 70 valence electrons. The van der Waals surface area contributed by atoms with Gasteiger partial charge in [0.1, 0.15) is 0 Å². The van der Waals surface area contributed by atoms with Crippen molar-refractivity contribution in [2.45, 2.75) is 19.3 Å². The lowest BCUT2D eigenvalue weighted by molar-refractivity contribution is -0.140. The van der Waals surface area contributed by atoms with Crippen LogP contribution in [-0.4, -0.2) is 33.9 Å². The summed E-state index contributed by atoms with van der Waals surface area (Å²) in [4.78, 5) is 20.2. The summed E-state index contributed by atoms with van der Waals surface area (Å²) in [5, 5.41) is 25.2. The van der Waals surface area contributed by atoms with Gasteiger partial charge in [0.25, 0.3) is 0 Å². The maximum absolute atomic E-state index is 10.2. The van der Waals surface area contributed by atoms with Gasteiger partial charge in [-0.15, -0.1) is 0 Å². The second kappa shape index (κ2) is 5.54. The molecule has 12 heavy (non-hydrogen) atoms. The quantitative estimate of drug-likeness (QED) is 0.526. The van der Waals surface area contributed by atoms with Crippen molar-refractivity contribution in [2.24, 2.45) is 5.92 Å². The first-order valence-corrected chi connectivity index (χ1v) is 3.60. The Morgan fingerprint density at radius 3 is 2.08 bits per heavy atom. The molecule has 0 fully saturated rings. The van der Waals surface area contributed by atoms with Gasteiger partial charge in [0, 0.05) is 13.0 Å². The Labute approximate surface area is 69.6 Å². The van der Waals surface area contributed by atoms with Gasteiger partial charge in [-0.05, 0) is 12.3 Å². The number of aliphatic hydroxyl groups is 1. The summed E-state index contributed by atoms with van der Waals surface area (Å²) in [6.07, 6.45) is -0.0690. The zero-order valence-electron chi connectivity index (χ0n) is 6.56. The fourth-order valence-electron chi connectivity index (χ4n) is 0.832. The van der Waals surface area contributed by atoms with Crippen LogP contribution in [0.2, 0.25) is 0 Å². The Morgan fingerprint density at radius 1 is 1.17 bits per heavy atom. The molecule has 5 nitrogen and oxygen atoms in total. The third kappa shape index (κ3) is 5.67. The molecule has 3 N–H and O–H groups in total. The summed E-state index contributed by atoms with van der Waals surface area (Å²) < 4.78 is 0. The van der Waals surface area contributed by atoms with Crippen molar-refractivity contribution >= 4 is 11.9 Å². The predicted molar refractivity (Wildman–Crippen MR) is 39.7 cm³/mol. The Balaban J connectivity index is 3.67. The number of carbonyl (C=O) groups is 2. The van der Waals surface area contributed by atoms with E-state index in [1.807, 2.05) is 0 Å². The molecular formula is C7H12O5. The Morgan fingerprint density at radius 2 is 1.75 bits per heavy atom. The summed E-state index contributed by atoms with van der Waals surface area (Å²) in [6, 6.07) is 0. The van der Waals surface area contributed by atoms with Gasteiger partial charge in [-0.25, -0.2) is 0 Å². The molecule has 0 radical (unpaired) electrons. The van der Waals surface area contributed by atoms with E-state index in [2.05, 4.69) is 0 Å². The monoisotopic (exact) mass is 176 g/mol. The van der Waals surface area contributed by atoms with Gasteiger partial charge in [0.05, 0.1) is 6.42 Å². The smallest absolute Gasteiger partial charge is 0.303 e. The molecule has 0 aliphatic carbocycles. The molecule has 0 bridgehead atoms. The normalized spacial score (nSPS) is 12.4. The van der Waals surface area contributed by atoms with Crippen molar-refractivity contribution in [3.8, 4) is 0 Å². The lowest BCUT2D eigenvalue weighted by Crippen LogP contribution is -2.13. The molecule has 1 atom stereocenters. The van der Waals surface area contributed by atoms with E-state index in [9.17, 15) is 9.59 Å². The lowest BCUT2D eigenvalue weighted by Gasteiger charge is -2.08. The van der Waals surface area contributed by atoms with Crippen LogP contribution < -0.4 is 0 Å². The highest BCUT2D eigenvalue weighted by Crippen LogP contribution is 2.10. The second-order valence-corrected chi connectivity index (χ2v) is 2.58. The number of rotatable bonds is 6. The van der Waals surface area contributed by atoms with Crippen LogP contribution in [0.1, 0.15) is 19.3 Å². The van der Waals surface area contributed by atoms with Gasteiger partial charge in [-0.3, -0.25) is 9.59 Å². The second-order valence-electron chi connectivity index (χ2n) is 2.58. The number of aliphatic carboxylic acids is 2. The summed E-state index contributed by atoms with van der Waals surface area (Å²) in [7, 11) is 0. The highest BCUT2D eigenvalue weighted by molar-refractivity contribution is 5.68. The average Bonchev–Trinajstić information content (AvgIpc) is 1.97. The average molecular weight is 176 g/mol. The van der Waals surface area contributed by atoms with E-state index in [1.165, 1.54) is 0 Å². The first-order valence-electron chi connectivity index (χ1n) is 3.60. The lowest BCUT2D eigenvalue weighted by atomic mass is 10.0. The molecule has 5 heteroatoms. The van der Waals surface area contributed by atoms with E-state index in [0.29, 0.717) is 0 Å². The maximum Gasteiger partial charge on any atom is 0.303 e. The number of hydrogen-bond donors (Lipinski definition) is 3. The Bertz CT molecular complexity index is 165. The van der Waals surface area contributed by atoms with Crippen LogP contribution in [0.3, 0.4) is 0 Å². The summed E-state index contributed by atoms with van der Waals surface area (Å²) in [6.45, 7) is -0.278. The predicted octanol–water partition coefficient (Wildman–Crippen LogP) is -0.0656. The SMILES string of the molecule is O=C(O)CCC(CO)CC(=O)O. The molecule has 0 saturated heterocycles. The van der Waals surface area contributed by atoms with Crippen molar-refractivity contribution in [1.29, 1.82) is 0 Å². The molecule has 0 saturated carbocycles. The Kier molecular flexibility index (Phi) is 5.03. The van der Waals surface area contributed by atoms with E-state index < -0.39 is 17.9 Å². The minimum atomic E-state index is -1.01. The highest BCUT2D eigenvalue weighted by Gasteiger charge is 2.13. The fourth-order valence-corrected chi connectivity index (χ4v) is 0.832. The van der Waals surface area contributed by atoms with Crippen LogP contribution in [0.15, 0.2) is 0 Å². The first kappa shape index (κ1) is 10.9. The number of carboxylic acids is 2. The van der Waals surface area contributed by atoms with Crippen molar-refractivity contribution in [2.75, 3.05) is 6.61 Å². The number of aliphatic hydroxyl groups excluding tert-OH is 1. The standard InChI is InChI=1S/C7H12O5/c8-4-5(3-7(11)12)1-2-6(9)10/h5,8H,1-4H2,(H,9,10)(H,11,12). The zero-order chi connectivity index (χ0) is 9.56. The number of carboxylic acid groups (broad SMARTS) is 2. The fraction of sp³-hybridized carbons (Fsp3) is 0.714. The van der Waals surface area contributed by atoms with Crippen LogP contribution in [0, 0.1) is 5.92 Å². The molecular weight excluding hydrogens is 164 g/mol. The van der Waals surface area contributed by atoms with Crippen molar-refractivity contribution < 1.29 is 24.9 Å². The molecule has 0 spiro atoms. The van der Waals surface area contributed by atoms with Crippen molar-refractivity contribution in [3.63, 3.8) is 0 Å². The summed E-state index contributed by atoms with van der Waals surface area (Å²) in [5.74, 6) is -2.43. The van der Waals surface area contributed by atoms with Gasteiger partial charge < -0.3 is 15.3 Å². The van der Waals surface area contributed by atoms with Crippen LogP contribution in [0.4, 0.5) is 0 Å². The number of hydrogen-bond acceptors (Lipinski definition) is 3.